The van der Waals surface area contributed by atoms with Crippen molar-refractivity contribution in [3.05, 3.63) is 44.1 Å². The number of aryl methyl sites for hydroxylation is 1. The van der Waals surface area contributed by atoms with Crippen molar-refractivity contribution in [3.63, 3.8) is 0 Å². The minimum Gasteiger partial charge on any atom is -0.489 e. The molecule has 1 amide bonds. The second-order valence-corrected chi connectivity index (χ2v) is 6.52. The lowest BCUT2D eigenvalue weighted by molar-refractivity contribution is 0.187. The molecule has 1 heterocycles. The van der Waals surface area contributed by atoms with Crippen LogP contribution in [0.5, 0.6) is 5.75 Å². The maximum absolute atomic E-state index is 11.2. The van der Waals surface area contributed by atoms with Gasteiger partial charge in [-0.1, -0.05) is 23.2 Å². The first kappa shape index (κ1) is 15.9. The number of hydrogen-bond donors (Lipinski definition) is 1. The van der Waals surface area contributed by atoms with Gasteiger partial charge in [0.2, 0.25) is 0 Å². The minimum atomic E-state index is -0.508. The number of carbonyl (C=O) groups is 1. The number of rotatable bonds is 4. The smallest absolute Gasteiger partial charge is 0.411 e. The number of amides is 1. The van der Waals surface area contributed by atoms with Crippen LogP contribution in [0.15, 0.2) is 24.3 Å². The molecule has 0 radical (unpaired) electrons. The van der Waals surface area contributed by atoms with E-state index in [0.29, 0.717) is 26.7 Å². The first-order chi connectivity index (χ1) is 9.99. The maximum Gasteiger partial charge on any atom is 0.411 e. The Kier molecular flexibility index (Phi) is 5.33. The number of ether oxygens (including phenoxy) is 2. The third-order valence-electron chi connectivity index (χ3n) is 2.74. The van der Waals surface area contributed by atoms with Crippen LogP contribution in [0.2, 0.25) is 8.67 Å². The number of benzene rings is 1. The van der Waals surface area contributed by atoms with Crippen molar-refractivity contribution in [3.8, 4) is 5.75 Å². The summed E-state index contributed by atoms with van der Waals surface area (Å²) < 4.78 is 11.5. The molecule has 1 N–H and O–H groups in total. The second-order valence-electron chi connectivity index (χ2n) is 4.23. The van der Waals surface area contributed by atoms with E-state index in [0.717, 1.165) is 11.1 Å². The molecule has 1 aromatic heterocycles. The molecular formula is C14H13Cl2NO3S. The number of carbonyl (C=O) groups excluding carboxylic acids is 1. The SMILES string of the molecule is COC(=O)Nc1ccc(OCc2cc(Cl)sc2Cl)cc1C. The van der Waals surface area contributed by atoms with E-state index in [1.54, 1.807) is 18.2 Å². The van der Waals surface area contributed by atoms with Gasteiger partial charge in [-0.3, -0.25) is 5.32 Å². The molecule has 7 heteroatoms. The summed E-state index contributed by atoms with van der Waals surface area (Å²) in [5.74, 6) is 0.682. The van der Waals surface area contributed by atoms with Crippen LogP contribution in [-0.2, 0) is 11.3 Å². The monoisotopic (exact) mass is 345 g/mol. The lowest BCUT2D eigenvalue weighted by Crippen LogP contribution is -2.11. The molecule has 0 unspecified atom stereocenters. The zero-order valence-corrected chi connectivity index (χ0v) is 13.7. The van der Waals surface area contributed by atoms with Gasteiger partial charge in [-0.05, 0) is 36.8 Å². The number of thiophene rings is 1. The summed E-state index contributed by atoms with van der Waals surface area (Å²) >= 11 is 13.2. The Balaban J connectivity index is 2.03. The van der Waals surface area contributed by atoms with Gasteiger partial charge in [0.05, 0.1) is 11.4 Å². The molecule has 0 aliphatic heterocycles. The molecule has 2 rings (SSSR count). The van der Waals surface area contributed by atoms with Crippen LogP contribution in [0, 0.1) is 6.92 Å². The average molecular weight is 346 g/mol. The van der Waals surface area contributed by atoms with Crippen LogP contribution in [0.4, 0.5) is 10.5 Å². The Morgan fingerprint density at radius 3 is 2.67 bits per heavy atom. The number of anilines is 1. The number of methoxy groups -OCH3 is 1. The minimum absolute atomic E-state index is 0.339. The quantitative estimate of drug-likeness (QED) is 0.836. The summed E-state index contributed by atoms with van der Waals surface area (Å²) in [7, 11) is 1.32. The van der Waals surface area contributed by atoms with Gasteiger partial charge in [0.1, 0.15) is 16.7 Å². The molecule has 0 saturated heterocycles. The fourth-order valence-corrected chi connectivity index (χ4v) is 3.12. The molecule has 0 aliphatic carbocycles. The molecular weight excluding hydrogens is 333 g/mol. The van der Waals surface area contributed by atoms with Crippen molar-refractivity contribution in [1.82, 2.24) is 0 Å². The number of hydrogen-bond acceptors (Lipinski definition) is 4. The van der Waals surface area contributed by atoms with Crippen LogP contribution >= 0.6 is 34.5 Å². The standard InChI is InChI=1S/C14H13Cl2NO3S/c1-8-5-10(3-4-11(8)17-14(18)19-2)20-7-9-6-12(15)21-13(9)16/h3-6H,7H2,1-2H3,(H,17,18). The van der Waals surface area contributed by atoms with Crippen molar-refractivity contribution < 1.29 is 14.3 Å². The summed E-state index contributed by atoms with van der Waals surface area (Å²) in [4.78, 5) is 11.2. The second kappa shape index (κ2) is 7.02. The van der Waals surface area contributed by atoms with Gasteiger partial charge in [0.25, 0.3) is 0 Å². The van der Waals surface area contributed by atoms with E-state index in [9.17, 15) is 4.79 Å². The van der Waals surface area contributed by atoms with Crippen molar-refractivity contribution in [2.75, 3.05) is 12.4 Å². The molecule has 4 nitrogen and oxygen atoms in total. The molecule has 0 fully saturated rings. The molecule has 0 atom stereocenters. The molecule has 0 bridgehead atoms. The van der Waals surface area contributed by atoms with E-state index >= 15 is 0 Å². The number of halogens is 2. The average Bonchev–Trinajstić information content (AvgIpc) is 2.77. The summed E-state index contributed by atoms with van der Waals surface area (Å²) in [5, 5.41) is 2.62. The van der Waals surface area contributed by atoms with Crippen molar-refractivity contribution in [2.45, 2.75) is 13.5 Å². The summed E-state index contributed by atoms with van der Waals surface area (Å²) in [6, 6.07) is 7.13. The predicted molar refractivity (Wildman–Crippen MR) is 85.9 cm³/mol. The lowest BCUT2D eigenvalue weighted by Gasteiger charge is -2.10. The Hall–Kier alpha value is -1.43. The van der Waals surface area contributed by atoms with E-state index < -0.39 is 6.09 Å². The molecule has 0 aliphatic rings. The van der Waals surface area contributed by atoms with Gasteiger partial charge in [0.15, 0.2) is 0 Å². The van der Waals surface area contributed by atoms with Gasteiger partial charge in [-0.25, -0.2) is 4.79 Å². The highest BCUT2D eigenvalue weighted by molar-refractivity contribution is 7.20. The molecule has 1 aromatic carbocycles. The zero-order chi connectivity index (χ0) is 15.4. The van der Waals surface area contributed by atoms with E-state index in [1.807, 2.05) is 13.0 Å². The Bertz CT molecular complexity index is 658. The third kappa shape index (κ3) is 4.27. The van der Waals surface area contributed by atoms with Crippen molar-refractivity contribution in [2.24, 2.45) is 0 Å². The van der Waals surface area contributed by atoms with Crippen LogP contribution < -0.4 is 10.1 Å². The highest BCUT2D eigenvalue weighted by atomic mass is 35.5. The Morgan fingerprint density at radius 1 is 1.33 bits per heavy atom. The van der Waals surface area contributed by atoms with E-state index in [-0.39, 0.29) is 0 Å². The van der Waals surface area contributed by atoms with Crippen LogP contribution in [0.1, 0.15) is 11.1 Å². The maximum atomic E-state index is 11.2. The van der Waals surface area contributed by atoms with Gasteiger partial charge in [-0.2, -0.15) is 0 Å². The van der Waals surface area contributed by atoms with Crippen LogP contribution in [-0.4, -0.2) is 13.2 Å². The summed E-state index contributed by atoms with van der Waals surface area (Å²) in [5.41, 5.74) is 2.39. The van der Waals surface area contributed by atoms with E-state index in [2.05, 4.69) is 10.1 Å². The molecule has 21 heavy (non-hydrogen) atoms. The van der Waals surface area contributed by atoms with Crippen LogP contribution in [0.3, 0.4) is 0 Å². The number of nitrogens with one attached hydrogen (secondary N) is 1. The highest BCUT2D eigenvalue weighted by Gasteiger charge is 2.08. The lowest BCUT2D eigenvalue weighted by atomic mass is 10.2. The fraction of sp³-hybridized carbons (Fsp3) is 0.214. The van der Waals surface area contributed by atoms with Gasteiger partial charge < -0.3 is 9.47 Å². The third-order valence-corrected chi connectivity index (χ3v) is 4.31. The van der Waals surface area contributed by atoms with Crippen molar-refractivity contribution in [1.29, 1.82) is 0 Å². The van der Waals surface area contributed by atoms with E-state index in [1.165, 1.54) is 18.4 Å². The Labute approximate surface area is 136 Å². The first-order valence-electron chi connectivity index (χ1n) is 6.01. The largest absolute Gasteiger partial charge is 0.489 e. The van der Waals surface area contributed by atoms with E-state index in [4.69, 9.17) is 27.9 Å². The fourth-order valence-electron chi connectivity index (χ4n) is 1.66. The first-order valence-corrected chi connectivity index (χ1v) is 7.59. The van der Waals surface area contributed by atoms with Crippen molar-refractivity contribution >= 4 is 46.3 Å². The van der Waals surface area contributed by atoms with Gasteiger partial charge >= 0.3 is 6.09 Å². The molecule has 2 aromatic rings. The van der Waals surface area contributed by atoms with Gasteiger partial charge in [-0.15, -0.1) is 11.3 Å². The molecule has 112 valence electrons. The molecule has 0 spiro atoms. The normalized spacial score (nSPS) is 10.3. The zero-order valence-electron chi connectivity index (χ0n) is 11.4. The predicted octanol–water partition coefficient (Wildman–Crippen LogP) is 5.12. The van der Waals surface area contributed by atoms with Crippen LogP contribution in [0.25, 0.3) is 0 Å². The summed E-state index contributed by atoms with van der Waals surface area (Å²) in [6.45, 7) is 2.21. The molecule has 0 saturated carbocycles. The Morgan fingerprint density at radius 2 is 2.10 bits per heavy atom. The van der Waals surface area contributed by atoms with Gasteiger partial charge in [0, 0.05) is 11.3 Å². The summed E-state index contributed by atoms with van der Waals surface area (Å²) in [6.07, 6.45) is -0.508. The highest BCUT2D eigenvalue weighted by Crippen LogP contribution is 2.32. The topological polar surface area (TPSA) is 47.6 Å².